The number of hydrogen-bond donors (Lipinski definition) is 10. The molecule has 3 saturated heterocycles. The zero-order valence-corrected chi connectivity index (χ0v) is 64.5. The van der Waals surface area contributed by atoms with Crippen LogP contribution in [0.3, 0.4) is 0 Å². The van der Waals surface area contributed by atoms with Crippen molar-refractivity contribution < 1.29 is 120 Å². The van der Waals surface area contributed by atoms with Crippen LogP contribution in [0.4, 0.5) is 0 Å². The summed E-state index contributed by atoms with van der Waals surface area (Å²) in [5, 5.41) is 45.2. The van der Waals surface area contributed by atoms with Crippen LogP contribution in [0.2, 0.25) is 0 Å². The summed E-state index contributed by atoms with van der Waals surface area (Å²) in [7, 11) is -0.966. The van der Waals surface area contributed by atoms with Gasteiger partial charge in [-0.2, -0.15) is 11.8 Å². The highest BCUT2D eigenvalue weighted by atomic mass is 32.2. The van der Waals surface area contributed by atoms with Gasteiger partial charge in [0.2, 0.25) is 59.1 Å². The molecule has 0 spiro atoms. The van der Waals surface area contributed by atoms with Crippen LogP contribution in [0.25, 0.3) is 10.9 Å². The van der Waals surface area contributed by atoms with Crippen molar-refractivity contribution in [1.29, 1.82) is 0 Å². The molecule has 0 aliphatic carbocycles. The monoisotopic (exact) mass is 1580 g/mol. The van der Waals surface area contributed by atoms with Crippen LogP contribution in [0.5, 0.6) is 5.75 Å². The first-order valence-corrected chi connectivity index (χ1v) is 39.7. The van der Waals surface area contributed by atoms with Crippen LogP contribution in [0, 0.1) is 29.6 Å². The molecule has 11 N–H and O–H groups in total. The number of carbonyl (C=O) groups is 12. The molecule has 7 rings (SSSR count). The highest BCUT2D eigenvalue weighted by Gasteiger charge is 2.46. The number of imide groups is 1. The molecular formula is C72H110N10O25S2. The van der Waals surface area contributed by atoms with Crippen molar-refractivity contribution in [3.63, 3.8) is 0 Å². The number of aromatic amines is 1. The highest BCUT2D eigenvalue weighted by molar-refractivity contribution is 7.99. The average Bonchev–Trinajstić information content (AvgIpc) is 1.62. The number of rotatable bonds is 38. The van der Waals surface area contributed by atoms with E-state index in [0.29, 0.717) is 140 Å². The van der Waals surface area contributed by atoms with Gasteiger partial charge in [-0.25, -0.2) is 0 Å². The SMILES string of the molecule is CC[C@H](C)[C@@H]1CC(=O)CNC(=O)[C@H]2CC(=O)[C@H]([C@@H](C)[C@@H](O)CO)NC(=O)[C@@H]3C[C@@H](O)CN3C(=O)[C@H](CC(N)=O)NC(=O)[C@H](CS(=O)c3[nH]c4c(CSC5CCN(C(=O)CCOCCOCCOCCOCCOCCOCCOCCOCCN6C(=O)CC(C)C6=O)CC5)c(OC)ccc4c3C2)NC(=O)CNC1=O. The first-order chi connectivity index (χ1) is 52.3. The summed E-state index contributed by atoms with van der Waals surface area (Å²) in [6, 6.07) is -3.66. The van der Waals surface area contributed by atoms with Gasteiger partial charge in [0.25, 0.3) is 0 Å². The van der Waals surface area contributed by atoms with Gasteiger partial charge in [0, 0.05) is 90.9 Å². The topological polar surface area (TPSA) is 477 Å². The van der Waals surface area contributed by atoms with Gasteiger partial charge >= 0.3 is 0 Å². The van der Waals surface area contributed by atoms with Crippen LogP contribution in [-0.4, -0.2) is 316 Å². The lowest BCUT2D eigenvalue weighted by Gasteiger charge is -2.32. The van der Waals surface area contributed by atoms with Crippen molar-refractivity contribution in [3.8, 4) is 5.75 Å². The minimum atomic E-state index is -2.42. The van der Waals surface area contributed by atoms with Crippen molar-refractivity contribution in [1.82, 2.24) is 46.3 Å². The van der Waals surface area contributed by atoms with E-state index in [0.717, 1.165) is 4.90 Å². The Kier molecular flexibility index (Phi) is 37.6. The number of piperidine rings is 1. The summed E-state index contributed by atoms with van der Waals surface area (Å²) >= 11 is 1.58. The van der Waals surface area contributed by atoms with Gasteiger partial charge < -0.3 is 105 Å². The Labute approximate surface area is 640 Å². The second-order valence-electron chi connectivity index (χ2n) is 27.7. The molecule has 5 aliphatic heterocycles. The van der Waals surface area contributed by atoms with E-state index in [1.165, 1.54) is 18.9 Å². The molecule has 37 heteroatoms. The second kappa shape index (κ2) is 46.0. The van der Waals surface area contributed by atoms with Gasteiger partial charge in [-0.3, -0.25) is 66.6 Å². The molecular weight excluding hydrogens is 1470 g/mol. The Morgan fingerprint density at radius 1 is 0.716 bits per heavy atom. The number of ketones is 2. The number of Topliss-reactive ketones (excluding diaryl/α,β-unsaturated/α-hetero) is 2. The molecule has 610 valence electrons. The number of primary amides is 1. The Morgan fingerprint density at radius 2 is 1.30 bits per heavy atom. The van der Waals surface area contributed by atoms with E-state index in [1.54, 1.807) is 49.6 Å². The average molecular weight is 1580 g/mol. The van der Waals surface area contributed by atoms with E-state index in [2.05, 4.69) is 31.6 Å². The number of nitrogens with one attached hydrogen (secondary N) is 6. The Bertz CT molecular complexity index is 3430. The van der Waals surface area contributed by atoms with Crippen LogP contribution in [0.15, 0.2) is 17.2 Å². The van der Waals surface area contributed by atoms with Crippen molar-refractivity contribution in [2.24, 2.45) is 35.3 Å². The molecule has 2 aromatic rings. The molecule has 10 amide bonds. The van der Waals surface area contributed by atoms with Gasteiger partial charge in [0.15, 0.2) is 11.6 Å². The van der Waals surface area contributed by atoms with Crippen molar-refractivity contribution in [3.05, 3.63) is 23.3 Å². The lowest BCUT2D eigenvalue weighted by molar-refractivity contribution is -0.144. The summed E-state index contributed by atoms with van der Waals surface area (Å²) in [5.41, 5.74) is 6.78. The third kappa shape index (κ3) is 27.3. The molecule has 3 fully saturated rings. The summed E-state index contributed by atoms with van der Waals surface area (Å²) in [6.45, 7) is 10.6. The first-order valence-electron chi connectivity index (χ1n) is 37.3. The van der Waals surface area contributed by atoms with Crippen LogP contribution in [-0.2, 0) is 118 Å². The molecule has 2 unspecified atom stereocenters. The molecule has 6 heterocycles. The van der Waals surface area contributed by atoms with Gasteiger partial charge in [-0.15, -0.1) is 0 Å². The predicted molar refractivity (Wildman–Crippen MR) is 392 cm³/mol. The molecule has 0 saturated carbocycles. The molecule has 5 aliphatic rings. The minimum Gasteiger partial charge on any atom is -0.496 e. The number of fused-ring (bicyclic) bond motifs is 5. The fourth-order valence-corrected chi connectivity index (χ4v) is 16.0. The number of thioether (sulfide) groups is 1. The number of methoxy groups -OCH3 is 1. The summed E-state index contributed by atoms with van der Waals surface area (Å²) in [6.07, 6.45) is -3.76. The molecule has 109 heavy (non-hydrogen) atoms. The molecule has 0 radical (unpaired) electrons. The van der Waals surface area contributed by atoms with Gasteiger partial charge in [0.1, 0.15) is 28.9 Å². The summed E-state index contributed by atoms with van der Waals surface area (Å²) < 4.78 is 65.8. The van der Waals surface area contributed by atoms with E-state index in [9.17, 15) is 68.1 Å². The number of nitrogens with zero attached hydrogens (tertiary/aromatic N) is 3. The number of carbonyl (C=O) groups excluding carboxylic acids is 12. The Balaban J connectivity index is 0.940. The third-order valence-electron chi connectivity index (χ3n) is 19.9. The molecule has 1 aromatic heterocycles. The van der Waals surface area contributed by atoms with Gasteiger partial charge in [0.05, 0.1) is 192 Å². The van der Waals surface area contributed by atoms with E-state index in [4.69, 9.17) is 48.4 Å². The number of aromatic nitrogens is 1. The number of ether oxygens (including phenoxy) is 9. The molecule has 2 bridgehead atoms. The quantitative estimate of drug-likeness (QED) is 0.0250. The zero-order chi connectivity index (χ0) is 79.1. The smallest absolute Gasteiger partial charge is 0.246 e. The van der Waals surface area contributed by atoms with Crippen LogP contribution >= 0.6 is 11.8 Å². The number of amides is 10. The number of aliphatic hydroxyl groups excluding tert-OH is 3. The van der Waals surface area contributed by atoms with E-state index >= 15 is 9.00 Å². The number of aliphatic hydroxyl groups is 3. The van der Waals surface area contributed by atoms with Crippen molar-refractivity contribution >= 4 is 104 Å². The summed E-state index contributed by atoms with van der Waals surface area (Å²) in [5.74, 6) is -13.3. The van der Waals surface area contributed by atoms with Gasteiger partial charge in [-0.1, -0.05) is 34.1 Å². The number of H-pyrrole nitrogens is 1. The number of likely N-dealkylation sites (tertiary alicyclic amines) is 2. The number of hydrogen-bond acceptors (Lipinski definition) is 26. The largest absolute Gasteiger partial charge is 0.496 e. The minimum absolute atomic E-state index is 0.0348. The van der Waals surface area contributed by atoms with Crippen molar-refractivity contribution in [2.45, 2.75) is 144 Å². The fourth-order valence-electron chi connectivity index (χ4n) is 13.4. The van der Waals surface area contributed by atoms with Gasteiger partial charge in [-0.05, 0) is 42.9 Å². The third-order valence-corrected chi connectivity index (χ3v) is 22.7. The van der Waals surface area contributed by atoms with Crippen molar-refractivity contribution in [2.75, 3.05) is 164 Å². The first kappa shape index (κ1) is 89.1. The number of nitrogens with two attached hydrogens (primary N) is 1. The maximum atomic E-state index is 15.5. The maximum absolute atomic E-state index is 15.5. The fraction of sp³-hybridized carbons (Fsp3) is 0.722. The number of benzene rings is 1. The van der Waals surface area contributed by atoms with E-state index in [1.807, 2.05) is 0 Å². The highest BCUT2D eigenvalue weighted by Crippen LogP contribution is 2.39. The predicted octanol–water partition coefficient (Wildman–Crippen LogP) is -2.29. The van der Waals surface area contributed by atoms with E-state index in [-0.39, 0.29) is 90.9 Å². The Hall–Kier alpha value is -7.14. The zero-order valence-electron chi connectivity index (χ0n) is 62.9. The normalized spacial score (nSPS) is 24.3. The molecule has 12 atom stereocenters. The lowest BCUT2D eigenvalue weighted by atomic mass is 9.85. The Morgan fingerprint density at radius 3 is 1.86 bits per heavy atom. The molecule has 35 nitrogen and oxygen atoms in total. The standard InChI is InChI=1S/C72H110N10O25S2/c1-6-43(2)51-34-47(84)37-74-66(92)46-32-52-50-7-8-59(99-5)53(41-108-49-9-12-80(13-10-49)62(90)11-15-100-17-19-102-21-23-104-25-27-106-29-30-107-28-26-105-24-22-103-20-18-101-16-14-81-63(91)31-44(3)71(81)96)65(50)79-70(52)109(98)42-55(76-61(89)38-75-67(51)93)68(94)77-54(36-60(73)88)72(97)82-39-48(85)35-56(82)69(95)78-64(57(86)33-46)45(4)58(87)40-83/h7-8,43-46,48-49,51,54-56,58,64,79,83,85,87H,6,9-42H2,1-5H3,(H2,73,88)(H,74,92)(H,75,93)(H,76,89)(H,77,94)(H,78,95)/t43-,44?,45-,46+,48+,51-,54-,55-,56-,58-,64-,109?/m0/s1. The van der Waals surface area contributed by atoms with E-state index < -0.39 is 181 Å². The lowest BCUT2D eigenvalue weighted by Crippen LogP contribution is -2.60. The van der Waals surface area contributed by atoms with Crippen LogP contribution < -0.4 is 37.1 Å². The summed E-state index contributed by atoms with van der Waals surface area (Å²) in [4.78, 5) is 173. The second-order valence-corrected chi connectivity index (χ2v) is 30.4. The van der Waals surface area contributed by atoms with Crippen LogP contribution in [0.1, 0.15) is 96.6 Å². The molecule has 1 aromatic carbocycles. The maximum Gasteiger partial charge on any atom is 0.246 e.